The Hall–Kier alpha value is -3.09. The second-order valence-electron chi connectivity index (χ2n) is 5.84. The molecule has 0 aliphatic heterocycles. The maximum absolute atomic E-state index is 13.8. The first-order chi connectivity index (χ1) is 12.5. The highest BCUT2D eigenvalue weighted by Gasteiger charge is 2.22. The van der Waals surface area contributed by atoms with Crippen molar-refractivity contribution in [3.05, 3.63) is 89.3 Å². The molecule has 7 heteroatoms. The summed E-state index contributed by atoms with van der Waals surface area (Å²) in [6.45, 7) is 0. The van der Waals surface area contributed by atoms with Gasteiger partial charge in [0.2, 0.25) is 5.91 Å². The molecule has 0 radical (unpaired) electrons. The summed E-state index contributed by atoms with van der Waals surface area (Å²) in [6, 6.07) is 8.54. The van der Waals surface area contributed by atoms with E-state index in [1.54, 1.807) is 23.9 Å². The van der Waals surface area contributed by atoms with Gasteiger partial charge in [-0.1, -0.05) is 24.3 Å². The van der Waals surface area contributed by atoms with Crippen molar-refractivity contribution in [3.8, 4) is 0 Å². The lowest BCUT2D eigenvalue weighted by molar-refractivity contribution is -0.121. The summed E-state index contributed by atoms with van der Waals surface area (Å²) in [5.74, 6) is -2.51. The fourth-order valence-corrected chi connectivity index (χ4v) is 2.67. The Kier molecular flexibility index (Phi) is 5.06. The van der Waals surface area contributed by atoms with Gasteiger partial charge in [-0.3, -0.25) is 4.79 Å². The summed E-state index contributed by atoms with van der Waals surface area (Å²) < 4.78 is 42.3. The van der Waals surface area contributed by atoms with Crippen LogP contribution in [-0.2, 0) is 18.3 Å². The zero-order valence-corrected chi connectivity index (χ0v) is 13.9. The van der Waals surface area contributed by atoms with Gasteiger partial charge in [-0.05, 0) is 29.3 Å². The van der Waals surface area contributed by atoms with Gasteiger partial charge in [0.15, 0.2) is 11.6 Å². The lowest BCUT2D eigenvalue weighted by atomic mass is 10.0. The number of hydrogen-bond acceptors (Lipinski definition) is 2. The molecule has 0 saturated heterocycles. The number of amides is 1. The van der Waals surface area contributed by atoms with Gasteiger partial charge in [0.25, 0.3) is 0 Å². The number of nitrogens with zero attached hydrogens (tertiary/aromatic N) is 2. The van der Waals surface area contributed by atoms with Crippen molar-refractivity contribution in [1.82, 2.24) is 14.9 Å². The molecule has 2 aromatic carbocycles. The summed E-state index contributed by atoms with van der Waals surface area (Å²) in [5, 5.41) is 2.72. The molecule has 0 aliphatic rings. The molecule has 1 atom stereocenters. The van der Waals surface area contributed by atoms with Crippen LogP contribution in [0.5, 0.6) is 0 Å². The molecule has 1 amide bonds. The van der Waals surface area contributed by atoms with Crippen molar-refractivity contribution in [2.45, 2.75) is 12.5 Å². The minimum Gasteiger partial charge on any atom is -0.342 e. The fraction of sp³-hybridized carbons (Fsp3) is 0.158. The van der Waals surface area contributed by atoms with E-state index < -0.39 is 29.4 Å². The van der Waals surface area contributed by atoms with Crippen LogP contribution < -0.4 is 5.32 Å². The molecular weight excluding hydrogens is 343 g/mol. The Bertz CT molecular complexity index is 939. The first-order valence-corrected chi connectivity index (χ1v) is 7.90. The predicted octanol–water partition coefficient (Wildman–Crippen LogP) is 3.29. The van der Waals surface area contributed by atoms with Crippen LogP contribution >= 0.6 is 0 Å². The third-order valence-electron chi connectivity index (χ3n) is 4.01. The smallest absolute Gasteiger partial charge is 0.225 e. The monoisotopic (exact) mass is 359 g/mol. The van der Waals surface area contributed by atoms with Crippen LogP contribution in [0.2, 0.25) is 0 Å². The van der Waals surface area contributed by atoms with Gasteiger partial charge < -0.3 is 9.88 Å². The molecule has 3 rings (SSSR count). The van der Waals surface area contributed by atoms with Crippen LogP contribution in [0, 0.1) is 17.5 Å². The van der Waals surface area contributed by atoms with Crippen LogP contribution in [0.4, 0.5) is 13.2 Å². The molecule has 0 unspecified atom stereocenters. The number of nitrogens with one attached hydrogen (secondary N) is 1. The summed E-state index contributed by atoms with van der Waals surface area (Å²) in [5.41, 5.74) is 0.578. The molecule has 0 fully saturated rings. The zero-order chi connectivity index (χ0) is 18.7. The number of hydrogen-bond donors (Lipinski definition) is 1. The molecule has 0 saturated carbocycles. The lowest BCUT2D eigenvalue weighted by Gasteiger charge is -2.19. The number of aromatic nitrogens is 2. The highest BCUT2D eigenvalue weighted by atomic mass is 19.2. The van der Waals surface area contributed by atoms with Gasteiger partial charge in [0, 0.05) is 19.4 Å². The van der Waals surface area contributed by atoms with Crippen molar-refractivity contribution >= 4 is 5.91 Å². The number of halogens is 3. The van der Waals surface area contributed by atoms with E-state index >= 15 is 0 Å². The zero-order valence-electron chi connectivity index (χ0n) is 13.9. The van der Waals surface area contributed by atoms with Crippen LogP contribution in [0.15, 0.2) is 54.9 Å². The van der Waals surface area contributed by atoms with E-state index in [4.69, 9.17) is 0 Å². The molecule has 0 spiro atoms. The molecule has 4 nitrogen and oxygen atoms in total. The second-order valence-corrected chi connectivity index (χ2v) is 5.84. The van der Waals surface area contributed by atoms with Crippen molar-refractivity contribution in [3.63, 3.8) is 0 Å². The van der Waals surface area contributed by atoms with Gasteiger partial charge in [0.05, 0.1) is 6.42 Å². The van der Waals surface area contributed by atoms with Crippen molar-refractivity contribution < 1.29 is 18.0 Å². The van der Waals surface area contributed by atoms with E-state index in [9.17, 15) is 18.0 Å². The average molecular weight is 359 g/mol. The second kappa shape index (κ2) is 7.43. The van der Waals surface area contributed by atoms with E-state index in [0.717, 1.165) is 12.1 Å². The van der Waals surface area contributed by atoms with Gasteiger partial charge >= 0.3 is 0 Å². The Morgan fingerprint density at radius 2 is 1.88 bits per heavy atom. The molecule has 3 aromatic rings. The van der Waals surface area contributed by atoms with Crippen molar-refractivity contribution in [2.75, 3.05) is 0 Å². The Morgan fingerprint density at radius 3 is 2.54 bits per heavy atom. The molecule has 1 aromatic heterocycles. The van der Waals surface area contributed by atoms with Crippen LogP contribution in [0.25, 0.3) is 0 Å². The fourth-order valence-electron chi connectivity index (χ4n) is 2.67. The summed E-state index contributed by atoms with van der Waals surface area (Å²) in [4.78, 5) is 16.6. The number of carbonyl (C=O) groups is 1. The van der Waals surface area contributed by atoms with E-state index in [1.807, 2.05) is 0 Å². The summed E-state index contributed by atoms with van der Waals surface area (Å²) >= 11 is 0. The molecule has 134 valence electrons. The quantitative estimate of drug-likeness (QED) is 0.760. The van der Waals surface area contributed by atoms with E-state index in [1.165, 1.54) is 30.5 Å². The standard InChI is InChI=1S/C19H16F3N3O/c1-25-9-8-23-19(25)18(13-6-7-15(21)16(22)10-13)24-17(26)11-12-4-2-3-5-14(12)20/h2-10,18H,11H2,1H3,(H,24,26)/t18-/m0/s1. The van der Waals surface area contributed by atoms with Crippen molar-refractivity contribution in [1.29, 1.82) is 0 Å². The van der Waals surface area contributed by atoms with Crippen LogP contribution in [0.1, 0.15) is 23.0 Å². The summed E-state index contributed by atoms with van der Waals surface area (Å²) in [7, 11) is 1.72. The highest BCUT2D eigenvalue weighted by molar-refractivity contribution is 5.79. The van der Waals surface area contributed by atoms with E-state index in [0.29, 0.717) is 11.4 Å². The third-order valence-corrected chi connectivity index (χ3v) is 4.01. The molecule has 0 aliphatic carbocycles. The highest BCUT2D eigenvalue weighted by Crippen LogP contribution is 2.22. The van der Waals surface area contributed by atoms with E-state index in [-0.39, 0.29) is 12.0 Å². The first-order valence-electron chi connectivity index (χ1n) is 7.90. The van der Waals surface area contributed by atoms with Gasteiger partial charge in [-0.25, -0.2) is 18.2 Å². The number of carbonyl (C=O) groups excluding carboxylic acids is 1. The molecule has 26 heavy (non-hydrogen) atoms. The number of imidazole rings is 1. The Balaban J connectivity index is 1.89. The minimum atomic E-state index is -1.02. The molecular formula is C19H16F3N3O. The number of rotatable bonds is 5. The van der Waals surface area contributed by atoms with Crippen LogP contribution in [0.3, 0.4) is 0 Å². The minimum absolute atomic E-state index is 0.183. The third kappa shape index (κ3) is 3.77. The van der Waals surface area contributed by atoms with Crippen LogP contribution in [-0.4, -0.2) is 15.5 Å². The average Bonchev–Trinajstić information content (AvgIpc) is 3.03. The van der Waals surface area contributed by atoms with Gasteiger partial charge in [-0.15, -0.1) is 0 Å². The predicted molar refractivity (Wildman–Crippen MR) is 89.7 cm³/mol. The first kappa shape index (κ1) is 17.7. The van der Waals surface area contributed by atoms with Crippen molar-refractivity contribution in [2.24, 2.45) is 7.05 Å². The van der Waals surface area contributed by atoms with E-state index in [2.05, 4.69) is 10.3 Å². The molecule has 1 heterocycles. The molecule has 1 N–H and O–H groups in total. The lowest BCUT2D eigenvalue weighted by Crippen LogP contribution is -2.32. The topological polar surface area (TPSA) is 46.9 Å². The number of aryl methyl sites for hydroxylation is 1. The normalized spacial score (nSPS) is 12.0. The molecule has 0 bridgehead atoms. The maximum atomic E-state index is 13.8. The Morgan fingerprint density at radius 1 is 1.12 bits per heavy atom. The largest absolute Gasteiger partial charge is 0.342 e. The number of benzene rings is 2. The Labute approximate surface area is 148 Å². The van der Waals surface area contributed by atoms with Gasteiger partial charge in [0.1, 0.15) is 17.7 Å². The SMILES string of the molecule is Cn1ccnc1[C@@H](NC(=O)Cc1ccccc1F)c1ccc(F)c(F)c1. The van der Waals surface area contributed by atoms with Gasteiger partial charge in [-0.2, -0.15) is 0 Å². The summed E-state index contributed by atoms with van der Waals surface area (Å²) in [6.07, 6.45) is 3.02. The maximum Gasteiger partial charge on any atom is 0.225 e.